The summed E-state index contributed by atoms with van der Waals surface area (Å²) in [4.78, 5) is 0. The standard InChI is InChI=1S/C16H18ClN3/c17-12-3-1-2-11(8-12)14-15(19-20-16(14)18)13-7-9-4-5-10(13)6-9/h1-3,8-10,13H,4-7H2,(H3,18,19,20). The van der Waals surface area contributed by atoms with Gasteiger partial charge in [0, 0.05) is 22.2 Å². The molecule has 2 aliphatic rings. The number of hydrogen-bond acceptors (Lipinski definition) is 2. The Balaban J connectivity index is 1.78. The van der Waals surface area contributed by atoms with Gasteiger partial charge in [-0.1, -0.05) is 30.2 Å². The topological polar surface area (TPSA) is 54.7 Å². The second-order valence-electron chi connectivity index (χ2n) is 6.19. The Morgan fingerprint density at radius 3 is 2.85 bits per heavy atom. The normalized spacial score (nSPS) is 28.1. The highest BCUT2D eigenvalue weighted by atomic mass is 35.5. The lowest BCUT2D eigenvalue weighted by molar-refractivity contribution is 0.413. The molecule has 2 aliphatic carbocycles. The third-order valence-corrected chi connectivity index (χ3v) is 5.28. The number of halogens is 1. The van der Waals surface area contributed by atoms with Crippen LogP contribution in [-0.2, 0) is 0 Å². The molecule has 3 nitrogen and oxygen atoms in total. The van der Waals surface area contributed by atoms with Crippen molar-refractivity contribution in [1.82, 2.24) is 10.2 Å². The van der Waals surface area contributed by atoms with Crippen LogP contribution >= 0.6 is 11.6 Å². The number of benzene rings is 1. The number of aromatic nitrogens is 2. The summed E-state index contributed by atoms with van der Waals surface area (Å²) < 4.78 is 0. The molecule has 0 aliphatic heterocycles. The van der Waals surface area contributed by atoms with Crippen LogP contribution in [0.4, 0.5) is 5.82 Å². The molecule has 4 heteroatoms. The first-order valence-corrected chi connectivity index (χ1v) is 7.70. The maximum Gasteiger partial charge on any atom is 0.153 e. The predicted octanol–water partition coefficient (Wildman–Crippen LogP) is 4.22. The zero-order valence-electron chi connectivity index (χ0n) is 11.3. The minimum absolute atomic E-state index is 0.588. The Bertz CT molecular complexity index is 649. The number of anilines is 1. The summed E-state index contributed by atoms with van der Waals surface area (Å²) in [5.74, 6) is 2.89. The van der Waals surface area contributed by atoms with Gasteiger partial charge in [-0.2, -0.15) is 5.10 Å². The molecule has 3 unspecified atom stereocenters. The largest absolute Gasteiger partial charge is 0.382 e. The summed E-state index contributed by atoms with van der Waals surface area (Å²) in [6.45, 7) is 0. The molecule has 3 atom stereocenters. The molecule has 0 radical (unpaired) electrons. The average molecular weight is 288 g/mol. The number of nitrogens with two attached hydrogens (primary N) is 1. The number of nitrogen functional groups attached to an aromatic ring is 1. The van der Waals surface area contributed by atoms with E-state index in [1.807, 2.05) is 18.2 Å². The molecule has 20 heavy (non-hydrogen) atoms. The van der Waals surface area contributed by atoms with Crippen molar-refractivity contribution < 1.29 is 0 Å². The second kappa shape index (κ2) is 4.52. The highest BCUT2D eigenvalue weighted by Gasteiger charge is 2.42. The Morgan fingerprint density at radius 2 is 2.15 bits per heavy atom. The first-order chi connectivity index (χ1) is 9.72. The number of rotatable bonds is 2. The number of hydrogen-bond donors (Lipinski definition) is 2. The van der Waals surface area contributed by atoms with Crippen molar-refractivity contribution in [3.05, 3.63) is 35.0 Å². The van der Waals surface area contributed by atoms with Crippen LogP contribution in [0, 0.1) is 11.8 Å². The van der Waals surface area contributed by atoms with Crippen LogP contribution in [0.2, 0.25) is 5.02 Å². The lowest BCUT2D eigenvalue weighted by Crippen LogP contribution is -2.10. The minimum Gasteiger partial charge on any atom is -0.382 e. The summed E-state index contributed by atoms with van der Waals surface area (Å²) in [5, 5.41) is 8.20. The summed E-state index contributed by atoms with van der Waals surface area (Å²) >= 11 is 6.12. The molecule has 0 saturated heterocycles. The van der Waals surface area contributed by atoms with E-state index in [0.717, 1.165) is 28.0 Å². The SMILES string of the molecule is Nc1n[nH]c(C2CC3CCC2C3)c1-c1cccc(Cl)c1. The van der Waals surface area contributed by atoms with Gasteiger partial charge in [0.2, 0.25) is 0 Å². The van der Waals surface area contributed by atoms with Crippen molar-refractivity contribution in [3.63, 3.8) is 0 Å². The molecule has 0 amide bonds. The number of H-pyrrole nitrogens is 1. The smallest absolute Gasteiger partial charge is 0.153 e. The van der Waals surface area contributed by atoms with Crippen molar-refractivity contribution in [2.75, 3.05) is 5.73 Å². The van der Waals surface area contributed by atoms with Gasteiger partial charge in [-0.3, -0.25) is 5.10 Å². The maximum absolute atomic E-state index is 6.12. The van der Waals surface area contributed by atoms with E-state index in [9.17, 15) is 0 Å². The summed E-state index contributed by atoms with van der Waals surface area (Å²) in [7, 11) is 0. The molecule has 0 spiro atoms. The highest BCUT2D eigenvalue weighted by molar-refractivity contribution is 6.30. The van der Waals surface area contributed by atoms with Crippen LogP contribution in [0.5, 0.6) is 0 Å². The molecule has 1 aromatic carbocycles. The predicted molar refractivity (Wildman–Crippen MR) is 81.6 cm³/mol. The van der Waals surface area contributed by atoms with Crippen LogP contribution in [0.15, 0.2) is 24.3 Å². The molecule has 2 bridgehead atoms. The molecular weight excluding hydrogens is 270 g/mol. The van der Waals surface area contributed by atoms with Gasteiger partial charge >= 0.3 is 0 Å². The number of fused-ring (bicyclic) bond motifs is 2. The van der Waals surface area contributed by atoms with Crippen LogP contribution < -0.4 is 5.73 Å². The molecule has 2 aromatic rings. The lowest BCUT2D eigenvalue weighted by Gasteiger charge is -2.21. The Hall–Kier alpha value is -1.48. The molecule has 3 N–H and O–H groups in total. The van der Waals surface area contributed by atoms with Crippen LogP contribution in [0.1, 0.15) is 37.3 Å². The number of nitrogens with one attached hydrogen (secondary N) is 1. The molecule has 1 aromatic heterocycles. The van der Waals surface area contributed by atoms with Crippen molar-refractivity contribution in [3.8, 4) is 11.1 Å². The van der Waals surface area contributed by atoms with E-state index in [4.69, 9.17) is 17.3 Å². The monoisotopic (exact) mass is 287 g/mol. The van der Waals surface area contributed by atoms with E-state index in [2.05, 4.69) is 16.3 Å². The minimum atomic E-state index is 0.588. The first-order valence-electron chi connectivity index (χ1n) is 7.32. The molecule has 1 heterocycles. The molecule has 4 rings (SSSR count). The van der Waals surface area contributed by atoms with Crippen LogP contribution in [-0.4, -0.2) is 10.2 Å². The Labute approximate surface area is 123 Å². The molecule has 104 valence electrons. The third kappa shape index (κ3) is 1.84. The molecule has 2 fully saturated rings. The zero-order valence-corrected chi connectivity index (χ0v) is 12.0. The van der Waals surface area contributed by atoms with Gasteiger partial charge < -0.3 is 5.73 Å². The van der Waals surface area contributed by atoms with Gasteiger partial charge in [0.1, 0.15) is 0 Å². The van der Waals surface area contributed by atoms with Gasteiger partial charge in [-0.15, -0.1) is 0 Å². The maximum atomic E-state index is 6.12. The van der Waals surface area contributed by atoms with Gasteiger partial charge in [0.05, 0.1) is 0 Å². The average Bonchev–Trinajstić information content (AvgIpc) is 3.12. The Kier molecular flexibility index (Phi) is 2.77. The van der Waals surface area contributed by atoms with E-state index in [-0.39, 0.29) is 0 Å². The van der Waals surface area contributed by atoms with Gasteiger partial charge in [-0.25, -0.2) is 0 Å². The fourth-order valence-electron chi connectivity index (χ4n) is 4.18. The van der Waals surface area contributed by atoms with E-state index >= 15 is 0 Å². The van der Waals surface area contributed by atoms with Crippen LogP contribution in [0.3, 0.4) is 0 Å². The fourth-order valence-corrected chi connectivity index (χ4v) is 4.37. The summed E-state index contributed by atoms with van der Waals surface area (Å²) in [5.41, 5.74) is 9.45. The quantitative estimate of drug-likeness (QED) is 0.869. The highest BCUT2D eigenvalue weighted by Crippen LogP contribution is 2.54. The van der Waals surface area contributed by atoms with E-state index in [1.54, 1.807) is 0 Å². The fraction of sp³-hybridized carbons (Fsp3) is 0.438. The summed E-state index contributed by atoms with van der Waals surface area (Å²) in [6.07, 6.45) is 5.40. The van der Waals surface area contributed by atoms with Gasteiger partial charge in [0.25, 0.3) is 0 Å². The van der Waals surface area contributed by atoms with Gasteiger partial charge in [-0.05, 0) is 48.8 Å². The number of nitrogens with zero attached hydrogens (tertiary/aromatic N) is 1. The van der Waals surface area contributed by atoms with Crippen molar-refractivity contribution in [2.24, 2.45) is 11.8 Å². The number of aromatic amines is 1. The van der Waals surface area contributed by atoms with Gasteiger partial charge in [0.15, 0.2) is 5.82 Å². The van der Waals surface area contributed by atoms with E-state index in [1.165, 1.54) is 31.4 Å². The molecular formula is C16H18ClN3. The lowest BCUT2D eigenvalue weighted by atomic mass is 9.84. The zero-order chi connectivity index (χ0) is 13.7. The van der Waals surface area contributed by atoms with Crippen molar-refractivity contribution >= 4 is 17.4 Å². The van der Waals surface area contributed by atoms with Crippen LogP contribution in [0.25, 0.3) is 11.1 Å². The third-order valence-electron chi connectivity index (χ3n) is 5.04. The molecule has 2 saturated carbocycles. The Morgan fingerprint density at radius 1 is 1.25 bits per heavy atom. The van der Waals surface area contributed by atoms with Crippen molar-refractivity contribution in [1.29, 1.82) is 0 Å². The van der Waals surface area contributed by atoms with E-state index in [0.29, 0.717) is 11.7 Å². The first kappa shape index (κ1) is 12.3. The van der Waals surface area contributed by atoms with Crippen molar-refractivity contribution in [2.45, 2.75) is 31.6 Å². The summed E-state index contributed by atoms with van der Waals surface area (Å²) in [6, 6.07) is 7.89. The van der Waals surface area contributed by atoms with E-state index < -0.39 is 0 Å². The second-order valence-corrected chi connectivity index (χ2v) is 6.63.